The molecule has 3 heterocycles. The second kappa shape index (κ2) is 7.20. The van der Waals surface area contributed by atoms with E-state index in [4.69, 9.17) is 5.73 Å². The summed E-state index contributed by atoms with van der Waals surface area (Å²) in [5, 5.41) is 7.71. The van der Waals surface area contributed by atoms with Crippen molar-refractivity contribution in [1.82, 2.24) is 14.8 Å². The lowest BCUT2D eigenvalue weighted by Gasteiger charge is -2.18. The summed E-state index contributed by atoms with van der Waals surface area (Å²) in [4.78, 5) is 30.4. The zero-order valence-electron chi connectivity index (χ0n) is 15.7. The van der Waals surface area contributed by atoms with E-state index >= 15 is 0 Å². The summed E-state index contributed by atoms with van der Waals surface area (Å²) in [6, 6.07) is 5.50. The fourth-order valence-corrected chi connectivity index (χ4v) is 5.02. The third-order valence-electron chi connectivity index (χ3n) is 5.11. The molecule has 0 spiro atoms. The first-order chi connectivity index (χ1) is 13.5. The van der Waals surface area contributed by atoms with Gasteiger partial charge in [-0.05, 0) is 49.8 Å². The third-order valence-corrected chi connectivity index (χ3v) is 6.28. The molecule has 2 amide bonds. The number of rotatable bonds is 4. The molecule has 4 rings (SSSR count). The van der Waals surface area contributed by atoms with E-state index in [1.54, 1.807) is 10.9 Å². The summed E-state index contributed by atoms with van der Waals surface area (Å²) in [5.41, 5.74) is 8.18. The summed E-state index contributed by atoms with van der Waals surface area (Å²) in [6.07, 6.45) is 5.93. The van der Waals surface area contributed by atoms with Gasteiger partial charge in [-0.3, -0.25) is 9.59 Å². The van der Waals surface area contributed by atoms with E-state index in [9.17, 15) is 9.59 Å². The van der Waals surface area contributed by atoms with Crippen molar-refractivity contribution in [3.8, 4) is 5.82 Å². The minimum absolute atomic E-state index is 0.311. The monoisotopic (exact) mass is 395 g/mol. The summed E-state index contributed by atoms with van der Waals surface area (Å²) >= 11 is 1.45. The van der Waals surface area contributed by atoms with Crippen molar-refractivity contribution in [2.24, 2.45) is 11.7 Å². The van der Waals surface area contributed by atoms with E-state index in [0.717, 1.165) is 29.7 Å². The standard InChI is InChI=1S/C20H21N5O2S/c1-11-6-7-13-15(9-11)28-20(17(13)18(21)26)24-19(27)14-10-23-25(12(14)2)16-5-3-4-8-22-16/h3-5,8,10-11H,6-7,9H2,1-2H3,(H2,21,26)(H,24,27). The van der Waals surface area contributed by atoms with Crippen molar-refractivity contribution in [1.29, 1.82) is 0 Å². The van der Waals surface area contributed by atoms with Crippen molar-refractivity contribution in [2.45, 2.75) is 33.1 Å². The molecule has 1 aliphatic rings. The van der Waals surface area contributed by atoms with Gasteiger partial charge >= 0.3 is 0 Å². The van der Waals surface area contributed by atoms with Crippen molar-refractivity contribution in [2.75, 3.05) is 5.32 Å². The topological polar surface area (TPSA) is 103 Å². The average molecular weight is 395 g/mol. The molecule has 144 valence electrons. The number of anilines is 1. The molecule has 1 unspecified atom stereocenters. The summed E-state index contributed by atoms with van der Waals surface area (Å²) < 4.78 is 1.62. The number of nitrogens with zero attached hydrogens (tertiary/aromatic N) is 3. The fraction of sp³-hybridized carbons (Fsp3) is 0.300. The molecule has 3 aromatic heterocycles. The Hall–Kier alpha value is -3.00. The number of nitrogens with one attached hydrogen (secondary N) is 1. The van der Waals surface area contributed by atoms with Crippen LogP contribution >= 0.6 is 11.3 Å². The van der Waals surface area contributed by atoms with Crippen LogP contribution in [0.5, 0.6) is 0 Å². The van der Waals surface area contributed by atoms with Crippen LogP contribution in [0.15, 0.2) is 30.6 Å². The number of carbonyl (C=O) groups is 2. The van der Waals surface area contributed by atoms with Gasteiger partial charge in [-0.25, -0.2) is 9.67 Å². The van der Waals surface area contributed by atoms with Gasteiger partial charge in [0.05, 0.1) is 23.0 Å². The zero-order valence-corrected chi connectivity index (χ0v) is 16.5. The number of aromatic nitrogens is 3. The number of hydrogen-bond donors (Lipinski definition) is 2. The van der Waals surface area contributed by atoms with Crippen LogP contribution in [0.3, 0.4) is 0 Å². The molecule has 28 heavy (non-hydrogen) atoms. The number of thiophene rings is 1. The normalized spacial score (nSPS) is 15.9. The largest absolute Gasteiger partial charge is 0.365 e. The van der Waals surface area contributed by atoms with Gasteiger partial charge in [-0.2, -0.15) is 5.10 Å². The highest BCUT2D eigenvalue weighted by molar-refractivity contribution is 7.17. The van der Waals surface area contributed by atoms with Gasteiger partial charge < -0.3 is 11.1 Å². The maximum absolute atomic E-state index is 12.9. The van der Waals surface area contributed by atoms with Crippen LogP contribution in [0.25, 0.3) is 5.82 Å². The Kier molecular flexibility index (Phi) is 4.72. The highest BCUT2D eigenvalue weighted by Crippen LogP contribution is 2.39. The van der Waals surface area contributed by atoms with Crippen LogP contribution in [0.1, 0.15) is 50.2 Å². The Morgan fingerprint density at radius 1 is 1.36 bits per heavy atom. The molecule has 0 aromatic carbocycles. The average Bonchev–Trinajstić information content (AvgIpc) is 3.22. The Morgan fingerprint density at radius 2 is 2.18 bits per heavy atom. The van der Waals surface area contributed by atoms with Gasteiger partial charge in [0.15, 0.2) is 5.82 Å². The Balaban J connectivity index is 1.65. The number of amides is 2. The van der Waals surface area contributed by atoms with E-state index in [2.05, 4.69) is 22.3 Å². The summed E-state index contributed by atoms with van der Waals surface area (Å²) in [7, 11) is 0. The highest BCUT2D eigenvalue weighted by atomic mass is 32.1. The van der Waals surface area contributed by atoms with E-state index in [1.807, 2.05) is 25.1 Å². The van der Waals surface area contributed by atoms with E-state index < -0.39 is 5.91 Å². The molecule has 0 saturated heterocycles. The number of fused-ring (bicyclic) bond motifs is 1. The molecule has 0 saturated carbocycles. The minimum atomic E-state index is -0.497. The summed E-state index contributed by atoms with van der Waals surface area (Å²) in [5.74, 6) is 0.392. The van der Waals surface area contributed by atoms with Crippen molar-refractivity contribution in [3.63, 3.8) is 0 Å². The van der Waals surface area contributed by atoms with E-state index in [-0.39, 0.29) is 5.91 Å². The van der Waals surface area contributed by atoms with E-state index in [0.29, 0.717) is 33.6 Å². The smallest absolute Gasteiger partial charge is 0.259 e. The van der Waals surface area contributed by atoms with Gasteiger partial charge in [0.1, 0.15) is 5.00 Å². The molecule has 0 bridgehead atoms. The maximum atomic E-state index is 12.9. The molecule has 0 fully saturated rings. The second-order valence-corrected chi connectivity index (χ2v) is 8.22. The predicted molar refractivity (Wildman–Crippen MR) is 108 cm³/mol. The van der Waals surface area contributed by atoms with E-state index in [1.165, 1.54) is 17.5 Å². The zero-order chi connectivity index (χ0) is 19.8. The minimum Gasteiger partial charge on any atom is -0.365 e. The van der Waals surface area contributed by atoms with Crippen LogP contribution in [0.2, 0.25) is 0 Å². The molecule has 1 aliphatic carbocycles. The molecule has 7 nitrogen and oxygen atoms in total. The highest BCUT2D eigenvalue weighted by Gasteiger charge is 2.28. The number of primary amides is 1. The molecule has 3 N–H and O–H groups in total. The van der Waals surface area contributed by atoms with Crippen LogP contribution in [0.4, 0.5) is 5.00 Å². The molecule has 0 radical (unpaired) electrons. The molecular weight excluding hydrogens is 374 g/mol. The molecule has 1 atom stereocenters. The van der Waals surface area contributed by atoms with Crippen molar-refractivity contribution in [3.05, 3.63) is 57.9 Å². The quantitative estimate of drug-likeness (QED) is 0.708. The fourth-order valence-electron chi connectivity index (χ4n) is 3.61. The maximum Gasteiger partial charge on any atom is 0.259 e. The SMILES string of the molecule is Cc1c(C(=O)Nc2sc3c(c2C(N)=O)CCC(C)C3)cnn1-c1ccccn1. The molecule has 3 aromatic rings. The molecule has 0 aliphatic heterocycles. The van der Waals surface area contributed by atoms with Crippen LogP contribution < -0.4 is 11.1 Å². The molecule has 8 heteroatoms. The Morgan fingerprint density at radius 3 is 2.89 bits per heavy atom. The Labute approximate surface area is 166 Å². The van der Waals surface area contributed by atoms with Crippen LogP contribution in [-0.4, -0.2) is 26.6 Å². The number of nitrogens with two attached hydrogens (primary N) is 1. The van der Waals surface area contributed by atoms with Crippen molar-refractivity contribution < 1.29 is 9.59 Å². The lowest BCUT2D eigenvalue weighted by molar-refractivity contribution is 0.1000. The summed E-state index contributed by atoms with van der Waals surface area (Å²) in [6.45, 7) is 4.01. The molecular formula is C20H21N5O2S. The van der Waals surface area contributed by atoms with Gasteiger partial charge in [0.2, 0.25) is 0 Å². The van der Waals surface area contributed by atoms with Crippen molar-refractivity contribution >= 4 is 28.2 Å². The first kappa shape index (κ1) is 18.4. The lowest BCUT2D eigenvalue weighted by atomic mass is 9.88. The number of carbonyl (C=O) groups excluding carboxylic acids is 2. The third kappa shape index (κ3) is 3.20. The predicted octanol–water partition coefficient (Wildman–Crippen LogP) is 3.11. The Bertz CT molecular complexity index is 1050. The lowest BCUT2D eigenvalue weighted by Crippen LogP contribution is -2.19. The van der Waals surface area contributed by atoms with Gasteiger partial charge in [-0.1, -0.05) is 13.0 Å². The van der Waals surface area contributed by atoms with Gasteiger partial charge in [-0.15, -0.1) is 11.3 Å². The number of hydrogen-bond acceptors (Lipinski definition) is 5. The van der Waals surface area contributed by atoms with Gasteiger partial charge in [0.25, 0.3) is 11.8 Å². The first-order valence-corrected chi connectivity index (χ1v) is 9.99. The first-order valence-electron chi connectivity index (χ1n) is 9.17. The second-order valence-electron chi connectivity index (χ2n) is 7.12. The van der Waals surface area contributed by atoms with Crippen LogP contribution in [0, 0.1) is 12.8 Å². The van der Waals surface area contributed by atoms with Gasteiger partial charge in [0, 0.05) is 11.1 Å². The number of pyridine rings is 1. The van der Waals surface area contributed by atoms with Crippen LogP contribution in [-0.2, 0) is 12.8 Å².